The Bertz CT molecular complexity index is 566. The molecule has 19 heavy (non-hydrogen) atoms. The van der Waals surface area contributed by atoms with E-state index in [0.29, 0.717) is 12.6 Å². The highest BCUT2D eigenvalue weighted by Gasteiger charge is 2.37. The Hall–Kier alpha value is -1.12. The van der Waals surface area contributed by atoms with E-state index in [0.717, 1.165) is 16.4 Å². The van der Waals surface area contributed by atoms with E-state index >= 15 is 0 Å². The third kappa shape index (κ3) is 2.75. The van der Waals surface area contributed by atoms with E-state index in [1.807, 2.05) is 0 Å². The van der Waals surface area contributed by atoms with Gasteiger partial charge in [0.2, 0.25) is 10.0 Å². The summed E-state index contributed by atoms with van der Waals surface area (Å²) in [6, 6.07) is 3.76. The van der Waals surface area contributed by atoms with E-state index in [9.17, 15) is 21.6 Å². The van der Waals surface area contributed by atoms with Crippen LogP contribution in [0.5, 0.6) is 0 Å². The maximum Gasteiger partial charge on any atom is 0.416 e. The minimum Gasteiger partial charge on any atom is -0.330 e. The third-order valence-corrected chi connectivity index (χ3v) is 4.88. The molecule has 0 saturated carbocycles. The number of alkyl halides is 3. The lowest BCUT2D eigenvalue weighted by Gasteiger charge is -2.37. The monoisotopic (exact) mass is 294 g/mol. The predicted octanol–water partition coefficient (Wildman–Crippen LogP) is 1.28. The smallest absolute Gasteiger partial charge is 0.330 e. The van der Waals surface area contributed by atoms with Gasteiger partial charge in [0.1, 0.15) is 0 Å². The highest BCUT2D eigenvalue weighted by Crippen LogP contribution is 2.32. The molecule has 0 amide bonds. The fraction of sp³-hybridized carbons (Fsp3) is 0.455. The molecule has 0 atom stereocenters. The minimum absolute atomic E-state index is 0.0839. The van der Waals surface area contributed by atoms with Crippen LogP contribution in [0.2, 0.25) is 0 Å². The lowest BCUT2D eigenvalue weighted by Crippen LogP contribution is -2.52. The fourth-order valence-corrected chi connectivity index (χ4v) is 3.49. The Morgan fingerprint density at radius 3 is 2.47 bits per heavy atom. The van der Waals surface area contributed by atoms with Crippen molar-refractivity contribution in [2.75, 3.05) is 19.6 Å². The predicted molar refractivity (Wildman–Crippen MR) is 62.7 cm³/mol. The maximum atomic E-state index is 12.5. The number of hydrogen-bond donors (Lipinski definition) is 1. The number of nitrogens with zero attached hydrogens (tertiary/aromatic N) is 1. The summed E-state index contributed by atoms with van der Waals surface area (Å²) in [7, 11) is -3.85. The Morgan fingerprint density at radius 2 is 1.95 bits per heavy atom. The maximum absolute atomic E-state index is 12.5. The van der Waals surface area contributed by atoms with Gasteiger partial charge in [0.25, 0.3) is 0 Å². The first-order chi connectivity index (χ1) is 8.75. The lowest BCUT2D eigenvalue weighted by molar-refractivity contribution is -0.137. The van der Waals surface area contributed by atoms with Gasteiger partial charge in [-0.3, -0.25) is 0 Å². The number of benzene rings is 1. The molecule has 106 valence electrons. The summed E-state index contributed by atoms with van der Waals surface area (Å²) >= 11 is 0. The van der Waals surface area contributed by atoms with Gasteiger partial charge in [-0.25, -0.2) is 8.42 Å². The van der Waals surface area contributed by atoms with Crippen LogP contribution < -0.4 is 5.73 Å². The quantitative estimate of drug-likeness (QED) is 0.913. The van der Waals surface area contributed by atoms with Crippen LogP contribution in [-0.4, -0.2) is 32.4 Å². The van der Waals surface area contributed by atoms with Crippen molar-refractivity contribution in [2.24, 2.45) is 11.7 Å². The van der Waals surface area contributed by atoms with Crippen molar-refractivity contribution in [3.8, 4) is 0 Å². The SMILES string of the molecule is NCC1CN(S(=O)(=O)c2cccc(C(F)(F)F)c2)C1. The fourth-order valence-electron chi connectivity index (χ4n) is 1.85. The van der Waals surface area contributed by atoms with Crippen molar-refractivity contribution < 1.29 is 21.6 Å². The number of sulfonamides is 1. The van der Waals surface area contributed by atoms with E-state index in [-0.39, 0.29) is 23.9 Å². The molecule has 0 spiro atoms. The first-order valence-corrected chi connectivity index (χ1v) is 7.06. The van der Waals surface area contributed by atoms with Gasteiger partial charge < -0.3 is 5.73 Å². The van der Waals surface area contributed by atoms with E-state index < -0.39 is 21.8 Å². The van der Waals surface area contributed by atoms with E-state index in [1.165, 1.54) is 6.07 Å². The number of halogens is 3. The molecule has 2 rings (SSSR count). The second-order valence-electron chi connectivity index (χ2n) is 4.45. The van der Waals surface area contributed by atoms with Crippen LogP contribution in [0.4, 0.5) is 13.2 Å². The summed E-state index contributed by atoms with van der Waals surface area (Å²) in [5.74, 6) is 0.0839. The van der Waals surface area contributed by atoms with Crippen molar-refractivity contribution in [1.82, 2.24) is 4.31 Å². The first kappa shape index (κ1) is 14.3. The summed E-state index contributed by atoms with van der Waals surface area (Å²) in [4.78, 5) is -0.335. The van der Waals surface area contributed by atoms with Crippen LogP contribution in [0.25, 0.3) is 0 Å². The summed E-state index contributed by atoms with van der Waals surface area (Å²) in [6.45, 7) is 0.888. The van der Waals surface area contributed by atoms with Crippen LogP contribution in [0.15, 0.2) is 29.2 Å². The van der Waals surface area contributed by atoms with Gasteiger partial charge in [0.15, 0.2) is 0 Å². The summed E-state index contributed by atoms with van der Waals surface area (Å²) in [6.07, 6.45) is -4.56. The van der Waals surface area contributed by atoms with Crippen molar-refractivity contribution >= 4 is 10.0 Å². The van der Waals surface area contributed by atoms with Crippen LogP contribution in [0.1, 0.15) is 5.56 Å². The average molecular weight is 294 g/mol. The Labute approximate surface area is 109 Å². The largest absolute Gasteiger partial charge is 0.416 e. The van der Waals surface area contributed by atoms with E-state index in [1.54, 1.807) is 0 Å². The van der Waals surface area contributed by atoms with Gasteiger partial charge in [0.05, 0.1) is 10.5 Å². The van der Waals surface area contributed by atoms with Crippen LogP contribution in [0.3, 0.4) is 0 Å². The van der Waals surface area contributed by atoms with Crippen molar-refractivity contribution in [3.63, 3.8) is 0 Å². The van der Waals surface area contributed by atoms with Crippen molar-refractivity contribution in [1.29, 1.82) is 0 Å². The van der Waals surface area contributed by atoms with E-state index in [2.05, 4.69) is 0 Å². The van der Waals surface area contributed by atoms with Gasteiger partial charge >= 0.3 is 6.18 Å². The normalized spacial score (nSPS) is 18.3. The van der Waals surface area contributed by atoms with Gasteiger partial charge in [-0.2, -0.15) is 17.5 Å². The number of rotatable bonds is 3. The molecule has 1 fully saturated rings. The zero-order valence-corrected chi connectivity index (χ0v) is 10.7. The zero-order chi connectivity index (χ0) is 14.3. The number of nitrogens with two attached hydrogens (primary N) is 1. The Kier molecular flexibility index (Phi) is 3.59. The molecule has 0 radical (unpaired) electrons. The summed E-state index contributed by atoms with van der Waals surface area (Å²) < 4.78 is 62.9. The average Bonchev–Trinajstić information content (AvgIpc) is 2.26. The molecule has 4 nitrogen and oxygen atoms in total. The molecule has 1 heterocycles. The second kappa shape index (κ2) is 4.77. The Morgan fingerprint density at radius 1 is 1.32 bits per heavy atom. The van der Waals surface area contributed by atoms with Gasteiger partial charge in [-0.1, -0.05) is 6.07 Å². The minimum atomic E-state index is -4.56. The van der Waals surface area contributed by atoms with Crippen molar-refractivity contribution in [2.45, 2.75) is 11.1 Å². The molecule has 0 bridgehead atoms. The first-order valence-electron chi connectivity index (χ1n) is 5.62. The standard InChI is InChI=1S/C11H13F3N2O2S/c12-11(13,14)9-2-1-3-10(4-9)19(17,18)16-6-8(5-15)7-16/h1-4,8H,5-7,15H2. The molecule has 1 aliphatic rings. The molecule has 0 aromatic heterocycles. The Balaban J connectivity index is 2.27. The highest BCUT2D eigenvalue weighted by atomic mass is 32.2. The molecule has 1 aliphatic heterocycles. The lowest BCUT2D eigenvalue weighted by atomic mass is 10.0. The summed E-state index contributed by atoms with van der Waals surface area (Å²) in [5.41, 5.74) is 4.42. The zero-order valence-electron chi connectivity index (χ0n) is 9.89. The molecule has 1 aromatic rings. The third-order valence-electron chi connectivity index (χ3n) is 3.06. The van der Waals surface area contributed by atoms with Gasteiger partial charge in [-0.05, 0) is 30.7 Å². The second-order valence-corrected chi connectivity index (χ2v) is 6.39. The molecule has 0 unspecified atom stereocenters. The van der Waals surface area contributed by atoms with E-state index in [4.69, 9.17) is 5.73 Å². The molecule has 8 heteroatoms. The molecule has 1 aromatic carbocycles. The van der Waals surface area contributed by atoms with Crippen LogP contribution >= 0.6 is 0 Å². The number of hydrogen-bond acceptors (Lipinski definition) is 3. The van der Waals surface area contributed by atoms with Crippen LogP contribution in [-0.2, 0) is 16.2 Å². The highest BCUT2D eigenvalue weighted by molar-refractivity contribution is 7.89. The van der Waals surface area contributed by atoms with Crippen molar-refractivity contribution in [3.05, 3.63) is 29.8 Å². The van der Waals surface area contributed by atoms with Gasteiger partial charge in [0, 0.05) is 13.1 Å². The molecular weight excluding hydrogens is 281 g/mol. The topological polar surface area (TPSA) is 63.4 Å². The summed E-state index contributed by atoms with van der Waals surface area (Å²) in [5, 5.41) is 0. The van der Waals surface area contributed by atoms with Crippen LogP contribution in [0, 0.1) is 5.92 Å². The van der Waals surface area contributed by atoms with Gasteiger partial charge in [-0.15, -0.1) is 0 Å². The molecule has 1 saturated heterocycles. The molecule has 2 N–H and O–H groups in total. The molecule has 0 aliphatic carbocycles. The molecular formula is C11H13F3N2O2S.